The highest BCUT2D eigenvalue weighted by Crippen LogP contribution is 2.30. The molecule has 3 aromatic rings. The highest BCUT2D eigenvalue weighted by Gasteiger charge is 2.54. The summed E-state index contributed by atoms with van der Waals surface area (Å²) in [6.45, 7) is 0.662. The Balaban J connectivity index is 0.000000386. The third-order valence-electron chi connectivity index (χ3n) is 7.25. The number of aromatic nitrogens is 3. The molecule has 0 radical (unpaired) electrons. The van der Waals surface area contributed by atoms with E-state index in [-0.39, 0.29) is 11.8 Å². The average Bonchev–Trinajstić information content (AvgIpc) is 3.01. The molecule has 2 aliphatic rings. The first-order valence-electron chi connectivity index (χ1n) is 14.2. The van der Waals surface area contributed by atoms with E-state index in [1.54, 1.807) is 6.20 Å². The van der Waals surface area contributed by atoms with E-state index in [1.807, 2.05) is 30.5 Å². The third-order valence-corrected chi connectivity index (χ3v) is 8.61. The summed E-state index contributed by atoms with van der Waals surface area (Å²) in [6, 6.07) is 7.69. The van der Waals surface area contributed by atoms with Crippen LogP contribution in [0.2, 0.25) is 5.02 Å². The number of rotatable bonds is 5. The van der Waals surface area contributed by atoms with E-state index in [9.17, 15) is 49.1 Å². The minimum Gasteiger partial charge on any atom is -0.339 e. The summed E-state index contributed by atoms with van der Waals surface area (Å²) in [7, 11) is -3.69. The van der Waals surface area contributed by atoms with Gasteiger partial charge in [-0.1, -0.05) is 11.6 Å². The predicted molar refractivity (Wildman–Crippen MR) is 164 cm³/mol. The molecule has 5 N–H and O–H groups in total. The number of hydrogen-bond acceptors (Lipinski definition) is 10. The first kappa shape index (κ1) is 37.4. The van der Waals surface area contributed by atoms with Gasteiger partial charge >= 0.3 is 23.9 Å². The molecule has 21 heteroatoms. The number of piperidine rings is 1. The smallest absolute Gasteiger partial charge is 0.339 e. The summed E-state index contributed by atoms with van der Waals surface area (Å²) >= 11 is 6.33. The van der Waals surface area contributed by atoms with Gasteiger partial charge in [-0.05, 0) is 67.0 Å². The van der Waals surface area contributed by atoms with Gasteiger partial charge in [0.05, 0.1) is 18.1 Å². The maximum absolute atomic E-state index is 12.9. The Morgan fingerprint density at radius 2 is 1.59 bits per heavy atom. The fraction of sp³-hybridized carbons (Fsp3) is 0.357. The largest absolute Gasteiger partial charge is 0.458 e. The van der Waals surface area contributed by atoms with E-state index in [4.69, 9.17) is 16.7 Å². The van der Waals surface area contributed by atoms with Crippen LogP contribution in [0.3, 0.4) is 0 Å². The van der Waals surface area contributed by atoms with Crippen LogP contribution >= 0.6 is 11.6 Å². The van der Waals surface area contributed by atoms with Gasteiger partial charge < -0.3 is 16.0 Å². The molecule has 1 fully saturated rings. The van der Waals surface area contributed by atoms with Crippen molar-refractivity contribution < 1.29 is 49.1 Å². The second-order valence-electron chi connectivity index (χ2n) is 10.9. The van der Waals surface area contributed by atoms with Crippen molar-refractivity contribution in [3.63, 3.8) is 0 Å². The molecule has 49 heavy (non-hydrogen) atoms. The molecule has 1 aromatic carbocycles. The lowest BCUT2D eigenvalue weighted by molar-refractivity contribution is -0.193. The lowest BCUT2D eigenvalue weighted by Crippen LogP contribution is -2.42. The van der Waals surface area contributed by atoms with Gasteiger partial charge in [-0.15, -0.1) is 0 Å². The predicted octanol–water partition coefficient (Wildman–Crippen LogP) is 4.60. The number of carbonyl (C=O) groups is 3. The van der Waals surface area contributed by atoms with Crippen LogP contribution in [0.25, 0.3) is 0 Å². The number of fused-ring (bicyclic) bond motifs is 6. The van der Waals surface area contributed by atoms with Gasteiger partial charge in [-0.2, -0.15) is 44.0 Å². The van der Waals surface area contributed by atoms with Crippen molar-refractivity contribution >= 4 is 68.1 Å². The topological polar surface area (TPSA) is 189 Å². The monoisotopic (exact) mass is 736 g/mol. The number of ketones is 2. The van der Waals surface area contributed by atoms with Gasteiger partial charge in [-0.25, -0.2) is 10.1 Å². The maximum atomic E-state index is 12.9. The number of pyridine rings is 1. The van der Waals surface area contributed by atoms with Crippen LogP contribution < -0.4 is 21.1 Å². The molecule has 1 amide bonds. The first-order chi connectivity index (χ1) is 22.8. The molecule has 2 aliphatic heterocycles. The summed E-state index contributed by atoms with van der Waals surface area (Å²) < 4.78 is 91.3. The lowest BCUT2D eigenvalue weighted by Gasteiger charge is -2.29. The minimum absolute atomic E-state index is 0.0967. The number of benzene rings is 1. The number of carbonyl (C=O) groups excluding carboxylic acids is 3. The Hall–Kier alpha value is -4.40. The van der Waals surface area contributed by atoms with E-state index in [1.165, 1.54) is 10.5 Å². The number of nitrogens with zero attached hydrogens (tertiary/aromatic N) is 4. The summed E-state index contributed by atoms with van der Waals surface area (Å²) in [5.74, 6) is -5.98. The molecular formula is C28H27ClF6N8O5S. The Morgan fingerprint density at radius 1 is 0.939 bits per heavy atom. The molecule has 5 rings (SSSR count). The summed E-state index contributed by atoms with van der Waals surface area (Å²) in [5, 5.41) is 15.1. The van der Waals surface area contributed by atoms with Crippen molar-refractivity contribution in [2.24, 2.45) is 11.1 Å². The number of halogens is 7. The van der Waals surface area contributed by atoms with E-state index in [0.29, 0.717) is 62.0 Å². The number of nitrogens with one attached hydrogen (secondary N) is 3. The van der Waals surface area contributed by atoms with E-state index < -0.39 is 34.1 Å². The van der Waals surface area contributed by atoms with Crippen LogP contribution in [-0.2, 0) is 37.4 Å². The number of anilines is 5. The quantitative estimate of drug-likeness (QED) is 0.213. The van der Waals surface area contributed by atoms with Crippen molar-refractivity contribution in [3.05, 3.63) is 59.0 Å². The molecule has 1 saturated heterocycles. The number of alkyl halides is 6. The molecule has 0 atom stereocenters. The Labute approximate surface area is 279 Å². The highest BCUT2D eigenvalue weighted by atomic mass is 35.5. The average molecular weight is 737 g/mol. The number of aryl methyl sites for hydroxylation is 2. The van der Waals surface area contributed by atoms with Gasteiger partial charge in [0, 0.05) is 37.1 Å². The molecule has 0 unspecified atom stereocenters. The van der Waals surface area contributed by atoms with E-state index in [2.05, 4.69) is 30.9 Å². The Bertz CT molecular complexity index is 1810. The molecule has 264 valence electrons. The van der Waals surface area contributed by atoms with E-state index in [0.717, 1.165) is 28.2 Å². The molecular weight excluding hydrogens is 710 g/mol. The molecule has 0 spiro atoms. The summed E-state index contributed by atoms with van der Waals surface area (Å²) in [4.78, 5) is 45.2. The second-order valence-corrected chi connectivity index (χ2v) is 12.8. The van der Waals surface area contributed by atoms with Gasteiger partial charge in [-0.3, -0.25) is 19.4 Å². The molecule has 0 saturated carbocycles. The van der Waals surface area contributed by atoms with Gasteiger partial charge in [0.25, 0.3) is 10.2 Å². The highest BCUT2D eigenvalue weighted by molar-refractivity contribution is 7.86. The fourth-order valence-corrected chi connectivity index (χ4v) is 5.70. The van der Waals surface area contributed by atoms with Gasteiger partial charge in [0.2, 0.25) is 11.9 Å². The van der Waals surface area contributed by atoms with Crippen LogP contribution in [0, 0.1) is 5.92 Å². The minimum atomic E-state index is -5.77. The molecule has 0 aliphatic carbocycles. The first-order valence-corrected chi connectivity index (χ1v) is 16.1. The van der Waals surface area contributed by atoms with Crippen LogP contribution in [0.15, 0.2) is 42.9 Å². The standard InChI is InChI=1S/C24H27ClN8O3S.C4F6O2/c25-20-14-28-24-30-19-9-16(12-27-13-19)1-2-17-11-18(29-23(20)32-24)3-4-21(17)31-22(34)10-15-5-7-33(8-6-15)37(26,35)36;5-3(6,7)1(11)2(12)4(8,9)10/h3-4,9,11-15H,1-2,5-8,10H2,(H,31,34)(H2,26,35,36)(H2,28,29,30,32);. The zero-order chi connectivity index (χ0) is 36.1. The zero-order valence-corrected chi connectivity index (χ0v) is 26.6. The Morgan fingerprint density at radius 3 is 2.20 bits per heavy atom. The number of hydrogen-bond donors (Lipinski definition) is 4. The second kappa shape index (κ2) is 15.0. The number of amides is 1. The van der Waals surface area contributed by atoms with Crippen molar-refractivity contribution in [2.75, 3.05) is 29.0 Å². The number of Topliss-reactive ketones (excluding diaryl/α,β-unsaturated/α-hetero) is 2. The van der Waals surface area contributed by atoms with Crippen molar-refractivity contribution in [1.29, 1.82) is 0 Å². The van der Waals surface area contributed by atoms with Crippen LogP contribution in [0.4, 0.5) is 55.2 Å². The third kappa shape index (κ3) is 10.5. The molecule has 13 nitrogen and oxygen atoms in total. The van der Waals surface area contributed by atoms with Gasteiger partial charge in [0.15, 0.2) is 5.82 Å². The van der Waals surface area contributed by atoms with Crippen molar-refractivity contribution in [1.82, 2.24) is 19.3 Å². The van der Waals surface area contributed by atoms with Crippen LogP contribution in [0.5, 0.6) is 0 Å². The maximum Gasteiger partial charge on any atom is 0.458 e. The zero-order valence-electron chi connectivity index (χ0n) is 25.0. The molecule has 4 heterocycles. The van der Waals surface area contributed by atoms with Crippen molar-refractivity contribution in [2.45, 2.75) is 44.5 Å². The molecule has 2 aromatic heterocycles. The Kier molecular flexibility index (Phi) is 11.5. The van der Waals surface area contributed by atoms with Crippen LogP contribution in [-0.4, -0.2) is 70.6 Å². The van der Waals surface area contributed by atoms with E-state index >= 15 is 0 Å². The fourth-order valence-electron chi connectivity index (χ4n) is 4.84. The molecule has 6 bridgehead atoms. The summed E-state index contributed by atoms with van der Waals surface area (Å²) in [6.07, 6.45) is -3.62. The lowest BCUT2D eigenvalue weighted by atomic mass is 9.94. The van der Waals surface area contributed by atoms with Crippen LogP contribution in [0.1, 0.15) is 30.4 Å². The normalized spacial score (nSPS) is 15.5. The number of nitrogens with two attached hydrogens (primary N) is 1. The van der Waals surface area contributed by atoms with Crippen molar-refractivity contribution in [3.8, 4) is 0 Å². The summed E-state index contributed by atoms with van der Waals surface area (Å²) in [5.41, 5.74) is 4.24. The van der Waals surface area contributed by atoms with Gasteiger partial charge in [0.1, 0.15) is 5.02 Å². The SMILES string of the molecule is NS(=O)(=O)N1CCC(CC(=O)Nc2ccc3cc2CCc2cncc(c2)Nc2ncc(Cl)c(n2)N3)CC1.O=C(C(=O)C(F)(F)F)C(F)(F)F.